The predicted octanol–water partition coefficient (Wildman–Crippen LogP) is 1.10. The highest BCUT2D eigenvalue weighted by Gasteiger charge is 2.28. The maximum atomic E-state index is 11.9. The van der Waals surface area contributed by atoms with Gasteiger partial charge in [0, 0.05) is 36.8 Å². The zero-order valence-electron chi connectivity index (χ0n) is 12.4. The first-order valence-corrected chi connectivity index (χ1v) is 7.47. The summed E-state index contributed by atoms with van der Waals surface area (Å²) in [5, 5.41) is 6.50. The highest BCUT2D eigenvalue weighted by molar-refractivity contribution is 5.92. The molecule has 1 aliphatic carbocycles. The number of amides is 1. The Hall–Kier alpha value is -2.44. The maximum Gasteiger partial charge on any atom is 0.273 e. The van der Waals surface area contributed by atoms with Gasteiger partial charge in [-0.3, -0.25) is 14.2 Å². The summed E-state index contributed by atoms with van der Waals surface area (Å²) in [5.74, 6) is 0.915. The smallest absolute Gasteiger partial charge is 0.273 e. The molecule has 1 saturated carbocycles. The highest BCUT2D eigenvalue weighted by atomic mass is 16.5. The van der Waals surface area contributed by atoms with E-state index >= 15 is 0 Å². The summed E-state index contributed by atoms with van der Waals surface area (Å²) in [4.78, 5) is 27.9. The van der Waals surface area contributed by atoms with Crippen molar-refractivity contribution in [2.24, 2.45) is 0 Å². The molecule has 1 fully saturated rings. The zero-order valence-corrected chi connectivity index (χ0v) is 12.4. The summed E-state index contributed by atoms with van der Waals surface area (Å²) in [7, 11) is 0. The molecule has 1 amide bonds. The van der Waals surface area contributed by atoms with E-state index in [2.05, 4.69) is 15.5 Å². The van der Waals surface area contributed by atoms with Gasteiger partial charge in [0.15, 0.2) is 5.69 Å². The van der Waals surface area contributed by atoms with E-state index in [1.807, 2.05) is 6.92 Å². The second kappa shape index (κ2) is 6.13. The molecular formula is C15H18N4O3. The highest BCUT2D eigenvalue weighted by Crippen LogP contribution is 2.40. The van der Waals surface area contributed by atoms with Crippen LogP contribution in [0.2, 0.25) is 0 Å². The standard InChI is InChI=1S/C15H18N4O3/c1-2-11-7-14(20)19(9-17-11)6-5-16-15(21)12-8-13(22-18-12)10-3-4-10/h7-10H,2-6H2,1H3,(H,16,21). The van der Waals surface area contributed by atoms with Crippen LogP contribution < -0.4 is 10.9 Å². The molecule has 116 valence electrons. The van der Waals surface area contributed by atoms with Gasteiger partial charge in [0.2, 0.25) is 0 Å². The van der Waals surface area contributed by atoms with Crippen LogP contribution in [0, 0.1) is 0 Å². The van der Waals surface area contributed by atoms with Crippen molar-refractivity contribution in [1.29, 1.82) is 0 Å². The number of nitrogens with one attached hydrogen (secondary N) is 1. The van der Waals surface area contributed by atoms with Crippen LogP contribution in [0.15, 0.2) is 27.8 Å². The molecule has 0 aromatic carbocycles. The molecule has 0 bridgehead atoms. The van der Waals surface area contributed by atoms with Crippen molar-refractivity contribution >= 4 is 5.91 Å². The SMILES string of the molecule is CCc1cc(=O)n(CCNC(=O)c2cc(C3CC3)on2)cn1. The third-order valence-corrected chi connectivity index (χ3v) is 3.68. The topological polar surface area (TPSA) is 90.0 Å². The molecule has 22 heavy (non-hydrogen) atoms. The van der Waals surface area contributed by atoms with Crippen molar-refractivity contribution in [2.75, 3.05) is 6.54 Å². The van der Waals surface area contributed by atoms with Gasteiger partial charge in [-0.25, -0.2) is 4.98 Å². The number of carbonyl (C=O) groups is 1. The normalized spacial score (nSPS) is 14.0. The molecule has 7 heteroatoms. The van der Waals surface area contributed by atoms with E-state index in [1.165, 1.54) is 17.0 Å². The van der Waals surface area contributed by atoms with Crippen LogP contribution in [0.25, 0.3) is 0 Å². The molecule has 2 aromatic heterocycles. The Bertz CT molecular complexity index is 730. The summed E-state index contributed by atoms with van der Waals surface area (Å²) in [6, 6.07) is 3.21. The van der Waals surface area contributed by atoms with Gasteiger partial charge in [0.25, 0.3) is 11.5 Å². The van der Waals surface area contributed by atoms with Gasteiger partial charge in [-0.1, -0.05) is 12.1 Å². The number of hydrogen-bond donors (Lipinski definition) is 1. The largest absolute Gasteiger partial charge is 0.360 e. The van der Waals surface area contributed by atoms with Crippen LogP contribution in [-0.2, 0) is 13.0 Å². The summed E-state index contributed by atoms with van der Waals surface area (Å²) < 4.78 is 6.61. The third-order valence-electron chi connectivity index (χ3n) is 3.68. The number of nitrogens with zero attached hydrogens (tertiary/aromatic N) is 3. The second-order valence-corrected chi connectivity index (χ2v) is 5.41. The van der Waals surface area contributed by atoms with Gasteiger partial charge in [-0.05, 0) is 19.3 Å². The van der Waals surface area contributed by atoms with E-state index in [4.69, 9.17) is 4.52 Å². The summed E-state index contributed by atoms with van der Waals surface area (Å²) >= 11 is 0. The molecule has 0 spiro atoms. The van der Waals surface area contributed by atoms with E-state index in [-0.39, 0.29) is 17.2 Å². The summed E-state index contributed by atoms with van der Waals surface area (Å²) in [5.41, 5.74) is 0.938. The monoisotopic (exact) mass is 302 g/mol. The molecule has 0 aliphatic heterocycles. The predicted molar refractivity (Wildman–Crippen MR) is 78.7 cm³/mol. The minimum Gasteiger partial charge on any atom is -0.360 e. The van der Waals surface area contributed by atoms with E-state index in [0.717, 1.165) is 30.7 Å². The molecule has 0 atom stereocenters. The van der Waals surface area contributed by atoms with Crippen LogP contribution in [0.1, 0.15) is 47.6 Å². The summed E-state index contributed by atoms with van der Waals surface area (Å²) in [6.07, 6.45) is 4.43. The van der Waals surface area contributed by atoms with Crippen LogP contribution in [0.4, 0.5) is 0 Å². The van der Waals surface area contributed by atoms with Crippen molar-refractivity contribution < 1.29 is 9.32 Å². The molecule has 0 unspecified atom stereocenters. The second-order valence-electron chi connectivity index (χ2n) is 5.41. The van der Waals surface area contributed by atoms with Crippen LogP contribution in [0.3, 0.4) is 0 Å². The molecule has 7 nitrogen and oxygen atoms in total. The number of rotatable bonds is 6. The summed E-state index contributed by atoms with van der Waals surface area (Å²) in [6.45, 7) is 2.65. The molecule has 1 N–H and O–H groups in total. The number of hydrogen-bond acceptors (Lipinski definition) is 5. The minimum atomic E-state index is -0.290. The lowest BCUT2D eigenvalue weighted by atomic mass is 10.3. The Labute approximate surface area is 127 Å². The first-order valence-electron chi connectivity index (χ1n) is 7.47. The van der Waals surface area contributed by atoms with E-state index in [0.29, 0.717) is 19.0 Å². The zero-order chi connectivity index (χ0) is 15.5. The first kappa shape index (κ1) is 14.5. The first-order chi connectivity index (χ1) is 10.7. The fraction of sp³-hybridized carbons (Fsp3) is 0.467. The van der Waals surface area contributed by atoms with Crippen LogP contribution in [-0.4, -0.2) is 27.2 Å². The van der Waals surface area contributed by atoms with E-state index in [9.17, 15) is 9.59 Å². The van der Waals surface area contributed by atoms with Crippen LogP contribution in [0.5, 0.6) is 0 Å². The fourth-order valence-electron chi connectivity index (χ4n) is 2.16. The lowest BCUT2D eigenvalue weighted by molar-refractivity contribution is 0.0943. The molecule has 2 heterocycles. The van der Waals surface area contributed by atoms with Crippen molar-refractivity contribution in [3.8, 4) is 0 Å². The quantitative estimate of drug-likeness (QED) is 0.863. The molecular weight excluding hydrogens is 284 g/mol. The Morgan fingerprint density at radius 2 is 2.27 bits per heavy atom. The van der Waals surface area contributed by atoms with Gasteiger partial charge in [0.1, 0.15) is 5.76 Å². The van der Waals surface area contributed by atoms with Gasteiger partial charge in [-0.2, -0.15) is 0 Å². The van der Waals surface area contributed by atoms with Crippen LogP contribution >= 0.6 is 0 Å². The lowest BCUT2D eigenvalue weighted by Gasteiger charge is -2.06. The lowest BCUT2D eigenvalue weighted by Crippen LogP contribution is -2.31. The van der Waals surface area contributed by atoms with Crippen molar-refractivity contribution in [3.05, 3.63) is 46.0 Å². The Morgan fingerprint density at radius 3 is 2.95 bits per heavy atom. The molecule has 3 rings (SSSR count). The Morgan fingerprint density at radius 1 is 1.45 bits per heavy atom. The van der Waals surface area contributed by atoms with Gasteiger partial charge in [0.05, 0.1) is 6.33 Å². The fourth-order valence-corrected chi connectivity index (χ4v) is 2.16. The number of aryl methyl sites for hydroxylation is 1. The van der Waals surface area contributed by atoms with Crippen molar-refractivity contribution in [3.63, 3.8) is 0 Å². The van der Waals surface area contributed by atoms with E-state index in [1.54, 1.807) is 6.07 Å². The maximum absolute atomic E-state index is 11.9. The molecule has 0 saturated heterocycles. The number of carbonyl (C=O) groups excluding carboxylic acids is 1. The Balaban J connectivity index is 1.53. The van der Waals surface area contributed by atoms with Gasteiger partial charge in [-0.15, -0.1) is 0 Å². The Kier molecular flexibility index (Phi) is 4.04. The van der Waals surface area contributed by atoms with Crippen molar-refractivity contribution in [1.82, 2.24) is 20.0 Å². The molecule has 1 aliphatic rings. The third kappa shape index (κ3) is 3.24. The average Bonchev–Trinajstić information content (AvgIpc) is 3.25. The average molecular weight is 302 g/mol. The number of aromatic nitrogens is 3. The minimum absolute atomic E-state index is 0.112. The van der Waals surface area contributed by atoms with Crippen molar-refractivity contribution in [2.45, 2.75) is 38.6 Å². The molecule has 2 aromatic rings. The van der Waals surface area contributed by atoms with Gasteiger partial charge >= 0.3 is 0 Å². The molecule has 0 radical (unpaired) electrons. The van der Waals surface area contributed by atoms with E-state index < -0.39 is 0 Å². The van der Waals surface area contributed by atoms with Gasteiger partial charge < -0.3 is 9.84 Å².